The van der Waals surface area contributed by atoms with Crippen LogP contribution in [0.15, 0.2) is 36.4 Å². The molecule has 2 N–H and O–H groups in total. The number of nitrogens with one attached hydrogen (secondary N) is 1. The third-order valence-corrected chi connectivity index (χ3v) is 7.45. The summed E-state index contributed by atoms with van der Waals surface area (Å²) in [4.78, 5) is 2.23. The van der Waals surface area contributed by atoms with Crippen LogP contribution in [-0.4, -0.2) is 59.7 Å². The minimum absolute atomic E-state index is 0.147. The Morgan fingerprint density at radius 1 is 1.12 bits per heavy atom. The van der Waals surface area contributed by atoms with Crippen LogP contribution in [-0.2, 0) is 10.7 Å². The molecule has 0 amide bonds. The van der Waals surface area contributed by atoms with Gasteiger partial charge < -0.3 is 19.9 Å². The van der Waals surface area contributed by atoms with Gasteiger partial charge in [0.25, 0.3) is 0 Å². The Labute approximate surface area is 190 Å². The van der Waals surface area contributed by atoms with Gasteiger partial charge in [0, 0.05) is 34.2 Å². The number of piperidine rings is 1. The molecule has 2 heterocycles. The highest BCUT2D eigenvalue weighted by atomic mass is 31.2. The highest BCUT2D eigenvalue weighted by molar-refractivity contribution is 7.70. The molecule has 1 aromatic heterocycles. The minimum Gasteiger partial charge on any atom is -0.507 e. The molecule has 0 bridgehead atoms. The predicted molar refractivity (Wildman–Crippen MR) is 125 cm³/mol. The molecule has 1 unspecified atom stereocenters. The molecule has 1 atom stereocenters. The van der Waals surface area contributed by atoms with E-state index in [0.29, 0.717) is 28.0 Å². The molecule has 1 saturated heterocycles. The predicted octanol–water partition coefficient (Wildman–Crippen LogP) is 4.78. The number of likely N-dealkylation sites (tertiary alicyclic amines) is 1. The normalized spacial score (nSPS) is 17.9. The van der Waals surface area contributed by atoms with E-state index in [1.165, 1.54) is 6.07 Å². The number of rotatable bonds is 4. The van der Waals surface area contributed by atoms with Crippen molar-refractivity contribution in [3.8, 4) is 17.0 Å². The van der Waals surface area contributed by atoms with Gasteiger partial charge in [-0.1, -0.05) is 12.1 Å². The van der Waals surface area contributed by atoms with Gasteiger partial charge in [0.05, 0.1) is 5.56 Å². The molecule has 0 saturated carbocycles. The first kappa shape index (κ1) is 23.5. The van der Waals surface area contributed by atoms with Crippen LogP contribution in [0.5, 0.6) is 5.75 Å². The van der Waals surface area contributed by atoms with Crippen molar-refractivity contribution >= 4 is 29.0 Å². The number of benzene rings is 2. The van der Waals surface area contributed by atoms with Gasteiger partial charge in [-0.2, -0.15) is 13.2 Å². The molecule has 6 nitrogen and oxygen atoms in total. The maximum Gasteiger partial charge on any atom is 0.416 e. The maximum atomic E-state index is 13.0. The van der Waals surface area contributed by atoms with Gasteiger partial charge in [0.2, 0.25) is 0 Å². The van der Waals surface area contributed by atoms with Gasteiger partial charge in [-0.25, -0.2) is 0 Å². The average Bonchev–Trinajstić information content (AvgIpc) is 2.72. The Balaban J connectivity index is 1.85. The fraction of sp³-hybridized carbons (Fsp3) is 0.391. The number of hydrogen-bond donors (Lipinski definition) is 2. The number of phenolic OH excluding ortho intramolecular Hbond substituents is 1. The van der Waals surface area contributed by atoms with E-state index in [4.69, 9.17) is 0 Å². The lowest BCUT2D eigenvalue weighted by molar-refractivity contribution is -0.137. The van der Waals surface area contributed by atoms with Gasteiger partial charge in [0.1, 0.15) is 18.6 Å². The third kappa shape index (κ3) is 4.99. The smallest absolute Gasteiger partial charge is 0.416 e. The van der Waals surface area contributed by atoms with Crippen molar-refractivity contribution in [2.75, 3.05) is 38.8 Å². The quantitative estimate of drug-likeness (QED) is 0.526. The van der Waals surface area contributed by atoms with Crippen molar-refractivity contribution < 1.29 is 22.8 Å². The lowest BCUT2D eigenvalue weighted by Crippen LogP contribution is -2.40. The first-order chi connectivity index (χ1) is 15.4. The molecule has 0 spiro atoms. The van der Waals surface area contributed by atoms with E-state index < -0.39 is 24.6 Å². The highest BCUT2D eigenvalue weighted by Crippen LogP contribution is 2.41. The van der Waals surface area contributed by atoms with Gasteiger partial charge in [-0.3, -0.25) is 0 Å². The number of likely N-dealkylation sites (N-methyl/N-ethyl adjacent to an activating group) is 1. The number of alkyl halides is 3. The molecule has 10 heteroatoms. The molecule has 0 aliphatic carbocycles. The maximum absolute atomic E-state index is 13.0. The zero-order chi connectivity index (χ0) is 24.0. The fourth-order valence-electron chi connectivity index (χ4n) is 4.17. The van der Waals surface area contributed by atoms with Crippen molar-refractivity contribution in [1.29, 1.82) is 0 Å². The second kappa shape index (κ2) is 8.61. The van der Waals surface area contributed by atoms with E-state index in [2.05, 4.69) is 27.5 Å². The fourth-order valence-corrected chi connectivity index (χ4v) is 5.04. The van der Waals surface area contributed by atoms with E-state index >= 15 is 0 Å². The summed E-state index contributed by atoms with van der Waals surface area (Å²) < 4.78 is 51.8. The largest absolute Gasteiger partial charge is 0.507 e. The number of aromatic nitrogens is 2. The van der Waals surface area contributed by atoms with Gasteiger partial charge in [-0.05, 0) is 64.0 Å². The molecule has 3 aromatic rings. The van der Waals surface area contributed by atoms with Gasteiger partial charge in [0.15, 0.2) is 5.82 Å². The van der Waals surface area contributed by atoms with Crippen molar-refractivity contribution in [1.82, 2.24) is 15.1 Å². The molecule has 0 radical (unpaired) electrons. The topological polar surface area (TPSA) is 78.3 Å². The van der Waals surface area contributed by atoms with Crippen molar-refractivity contribution in [3.05, 3.63) is 42.0 Å². The van der Waals surface area contributed by atoms with E-state index in [0.717, 1.165) is 32.0 Å². The average molecular weight is 478 g/mol. The molecule has 1 aliphatic rings. The molecule has 176 valence electrons. The summed E-state index contributed by atoms with van der Waals surface area (Å²) in [5.41, 5.74) is -0.537. The molecule has 2 aromatic carbocycles. The standard InChI is InChI=1S/C23H26F3N4O2P/c1-30-10-4-5-15(13-30)27-22-19-12-16(33(2,3)32)7-9-17(19)21(28-29-22)18-8-6-14(11-20(18)31)23(24,25)26/h6-9,11-12,15,31H,4-5,10,13H2,1-3H3,(H,27,29). The van der Waals surface area contributed by atoms with E-state index in [1.807, 2.05) is 0 Å². The highest BCUT2D eigenvalue weighted by Gasteiger charge is 2.31. The summed E-state index contributed by atoms with van der Waals surface area (Å²) >= 11 is 0. The van der Waals surface area contributed by atoms with Gasteiger partial charge in [-0.15, -0.1) is 10.2 Å². The summed E-state index contributed by atoms with van der Waals surface area (Å²) in [5, 5.41) is 24.3. The van der Waals surface area contributed by atoms with Crippen LogP contribution in [0.25, 0.3) is 22.0 Å². The second-order valence-corrected chi connectivity index (χ2v) is 12.2. The molecule has 1 fully saturated rings. The number of aromatic hydroxyl groups is 1. The monoisotopic (exact) mass is 478 g/mol. The van der Waals surface area contributed by atoms with Crippen LogP contribution in [0, 0.1) is 0 Å². The van der Waals surface area contributed by atoms with Crippen molar-refractivity contribution in [2.45, 2.75) is 25.1 Å². The minimum atomic E-state index is -4.57. The summed E-state index contributed by atoms with van der Waals surface area (Å²) in [6, 6.07) is 8.22. The Morgan fingerprint density at radius 2 is 1.88 bits per heavy atom. The van der Waals surface area contributed by atoms with Crippen LogP contribution in [0.4, 0.5) is 19.0 Å². The Bertz CT molecular complexity index is 1240. The summed E-state index contributed by atoms with van der Waals surface area (Å²) in [7, 11) is -0.523. The lowest BCUT2D eigenvalue weighted by atomic mass is 10.0. The van der Waals surface area contributed by atoms with Gasteiger partial charge >= 0.3 is 6.18 Å². The molecular formula is C23H26F3N4O2P. The number of phenols is 1. The Hall–Kier alpha value is -2.64. The summed E-state index contributed by atoms with van der Waals surface area (Å²) in [6.07, 6.45) is -2.56. The summed E-state index contributed by atoms with van der Waals surface area (Å²) in [6.45, 7) is 5.21. The second-order valence-electron chi connectivity index (χ2n) is 8.95. The third-order valence-electron chi connectivity index (χ3n) is 5.93. The number of anilines is 1. The number of nitrogens with zero attached hydrogens (tertiary/aromatic N) is 3. The zero-order valence-electron chi connectivity index (χ0n) is 18.6. The molecule has 33 heavy (non-hydrogen) atoms. The lowest BCUT2D eigenvalue weighted by Gasteiger charge is -2.30. The molecule has 4 rings (SSSR count). The number of halogens is 3. The molecule has 1 aliphatic heterocycles. The van der Waals surface area contributed by atoms with Crippen LogP contribution in [0.2, 0.25) is 0 Å². The van der Waals surface area contributed by atoms with Crippen molar-refractivity contribution in [2.24, 2.45) is 0 Å². The SMILES string of the molecule is CN1CCCC(Nc2nnc(-c3ccc(C(F)(F)F)cc3O)c3ccc(P(C)(C)=O)cc23)C1. The van der Waals surface area contributed by atoms with Crippen LogP contribution < -0.4 is 10.6 Å². The van der Waals surface area contributed by atoms with E-state index in [-0.39, 0.29) is 17.3 Å². The van der Waals surface area contributed by atoms with Crippen LogP contribution in [0.1, 0.15) is 18.4 Å². The zero-order valence-corrected chi connectivity index (χ0v) is 19.5. The van der Waals surface area contributed by atoms with E-state index in [9.17, 15) is 22.8 Å². The first-order valence-corrected chi connectivity index (χ1v) is 13.3. The van der Waals surface area contributed by atoms with Crippen LogP contribution in [0.3, 0.4) is 0 Å². The Morgan fingerprint density at radius 3 is 2.52 bits per heavy atom. The number of fused-ring (bicyclic) bond motifs is 1. The number of hydrogen-bond acceptors (Lipinski definition) is 6. The summed E-state index contributed by atoms with van der Waals surface area (Å²) in [5.74, 6) is -0.00785. The van der Waals surface area contributed by atoms with E-state index in [1.54, 1.807) is 31.5 Å². The first-order valence-electron chi connectivity index (χ1n) is 10.6. The molecular weight excluding hydrogens is 452 g/mol. The Kier molecular flexibility index (Phi) is 6.14. The van der Waals surface area contributed by atoms with Crippen LogP contribution >= 0.6 is 7.14 Å². The van der Waals surface area contributed by atoms with Crippen molar-refractivity contribution in [3.63, 3.8) is 0 Å².